The van der Waals surface area contributed by atoms with Gasteiger partial charge in [0.25, 0.3) is 0 Å². The van der Waals surface area contributed by atoms with Crippen molar-refractivity contribution >= 4 is 11.6 Å². The molecule has 1 aromatic heterocycles. The number of rotatable bonds is 3. The van der Waals surface area contributed by atoms with Crippen molar-refractivity contribution in [2.75, 3.05) is 5.32 Å². The van der Waals surface area contributed by atoms with E-state index in [1.807, 2.05) is 25.1 Å². The van der Waals surface area contributed by atoms with Crippen molar-refractivity contribution in [3.05, 3.63) is 42.0 Å². The van der Waals surface area contributed by atoms with Gasteiger partial charge in [-0.15, -0.1) is 0 Å². The number of aromatic nitrogens is 2. The standard InChI is InChI=1S/C17H18FN3O/c1-11-6-7-14(21-17(22)12-4-2-3-5-12)8-15(11)16-19-9-13(18)10-20-16/h6-10,12H,2-5H2,1H3,(H,21,22). The maximum Gasteiger partial charge on any atom is 0.227 e. The Morgan fingerprint density at radius 1 is 1.23 bits per heavy atom. The Hall–Kier alpha value is -2.30. The first-order chi connectivity index (χ1) is 10.6. The molecule has 3 rings (SSSR count). The number of amides is 1. The number of benzene rings is 1. The van der Waals surface area contributed by atoms with E-state index in [4.69, 9.17) is 0 Å². The molecule has 1 fully saturated rings. The van der Waals surface area contributed by atoms with Gasteiger partial charge in [-0.25, -0.2) is 14.4 Å². The van der Waals surface area contributed by atoms with E-state index < -0.39 is 5.82 Å². The molecule has 0 spiro atoms. The van der Waals surface area contributed by atoms with Gasteiger partial charge in [-0.1, -0.05) is 18.9 Å². The fourth-order valence-electron chi connectivity index (χ4n) is 2.82. The summed E-state index contributed by atoms with van der Waals surface area (Å²) in [5.41, 5.74) is 2.50. The van der Waals surface area contributed by atoms with Crippen LogP contribution in [-0.2, 0) is 4.79 Å². The highest BCUT2D eigenvalue weighted by atomic mass is 19.1. The van der Waals surface area contributed by atoms with Crippen LogP contribution in [0.3, 0.4) is 0 Å². The average molecular weight is 299 g/mol. The first-order valence-corrected chi connectivity index (χ1v) is 7.53. The lowest BCUT2D eigenvalue weighted by Gasteiger charge is -2.12. The average Bonchev–Trinajstić information content (AvgIpc) is 3.05. The molecule has 1 aromatic carbocycles. The van der Waals surface area contributed by atoms with Crippen LogP contribution >= 0.6 is 0 Å². The third kappa shape index (κ3) is 3.13. The molecule has 0 atom stereocenters. The Balaban J connectivity index is 1.83. The number of aryl methyl sites for hydroxylation is 1. The summed E-state index contributed by atoms with van der Waals surface area (Å²) in [6.45, 7) is 1.94. The Kier molecular flexibility index (Phi) is 4.13. The van der Waals surface area contributed by atoms with Crippen molar-refractivity contribution in [3.63, 3.8) is 0 Å². The zero-order chi connectivity index (χ0) is 15.5. The molecule has 22 heavy (non-hydrogen) atoms. The van der Waals surface area contributed by atoms with Crippen LogP contribution in [0.5, 0.6) is 0 Å². The maximum atomic E-state index is 12.9. The van der Waals surface area contributed by atoms with Gasteiger partial charge in [0, 0.05) is 17.2 Å². The Morgan fingerprint density at radius 3 is 2.59 bits per heavy atom. The lowest BCUT2D eigenvalue weighted by molar-refractivity contribution is -0.119. The normalized spacial score (nSPS) is 15.0. The van der Waals surface area contributed by atoms with Gasteiger partial charge >= 0.3 is 0 Å². The van der Waals surface area contributed by atoms with Crippen LogP contribution in [0.4, 0.5) is 10.1 Å². The lowest BCUT2D eigenvalue weighted by Crippen LogP contribution is -2.20. The van der Waals surface area contributed by atoms with Crippen LogP contribution < -0.4 is 5.32 Å². The van der Waals surface area contributed by atoms with E-state index in [0.717, 1.165) is 54.9 Å². The molecule has 4 nitrogen and oxygen atoms in total. The highest BCUT2D eigenvalue weighted by Gasteiger charge is 2.22. The van der Waals surface area contributed by atoms with Gasteiger partial charge in [0.15, 0.2) is 11.6 Å². The first kappa shape index (κ1) is 14.6. The Labute approximate surface area is 128 Å². The monoisotopic (exact) mass is 299 g/mol. The topological polar surface area (TPSA) is 54.9 Å². The van der Waals surface area contributed by atoms with E-state index in [9.17, 15) is 9.18 Å². The molecule has 114 valence electrons. The molecule has 1 heterocycles. The van der Waals surface area contributed by atoms with E-state index in [2.05, 4.69) is 15.3 Å². The SMILES string of the molecule is Cc1ccc(NC(=O)C2CCCC2)cc1-c1ncc(F)cn1. The number of nitrogens with zero attached hydrogens (tertiary/aromatic N) is 2. The van der Waals surface area contributed by atoms with Gasteiger partial charge in [0.2, 0.25) is 5.91 Å². The highest BCUT2D eigenvalue weighted by molar-refractivity contribution is 5.93. The van der Waals surface area contributed by atoms with Crippen LogP contribution in [0.25, 0.3) is 11.4 Å². The molecular weight excluding hydrogens is 281 g/mol. The van der Waals surface area contributed by atoms with Crippen molar-refractivity contribution in [2.24, 2.45) is 5.92 Å². The van der Waals surface area contributed by atoms with Crippen molar-refractivity contribution in [3.8, 4) is 11.4 Å². The van der Waals surface area contributed by atoms with E-state index in [1.54, 1.807) is 0 Å². The molecule has 1 aliphatic rings. The fraction of sp³-hybridized carbons (Fsp3) is 0.353. The maximum absolute atomic E-state index is 12.9. The van der Waals surface area contributed by atoms with Crippen LogP contribution in [-0.4, -0.2) is 15.9 Å². The lowest BCUT2D eigenvalue weighted by atomic mass is 10.1. The second-order valence-corrected chi connectivity index (χ2v) is 5.73. The Bertz CT molecular complexity index is 679. The largest absolute Gasteiger partial charge is 0.326 e. The number of carbonyl (C=O) groups excluding carboxylic acids is 1. The smallest absolute Gasteiger partial charge is 0.227 e. The molecule has 0 bridgehead atoms. The zero-order valence-corrected chi connectivity index (χ0v) is 12.5. The summed E-state index contributed by atoms with van der Waals surface area (Å²) in [6, 6.07) is 5.62. The third-order valence-electron chi connectivity index (χ3n) is 4.09. The van der Waals surface area contributed by atoms with Crippen molar-refractivity contribution in [2.45, 2.75) is 32.6 Å². The van der Waals surface area contributed by atoms with E-state index in [-0.39, 0.29) is 11.8 Å². The summed E-state index contributed by atoms with van der Waals surface area (Å²) in [4.78, 5) is 20.2. The van der Waals surface area contributed by atoms with Crippen molar-refractivity contribution in [1.29, 1.82) is 0 Å². The summed E-state index contributed by atoms with van der Waals surface area (Å²) in [7, 11) is 0. The number of anilines is 1. The molecule has 1 aliphatic carbocycles. The second kappa shape index (κ2) is 6.22. The van der Waals surface area contributed by atoms with Crippen LogP contribution in [0.15, 0.2) is 30.6 Å². The van der Waals surface area contributed by atoms with Gasteiger partial charge in [-0.3, -0.25) is 4.79 Å². The van der Waals surface area contributed by atoms with Gasteiger partial charge in [0.1, 0.15) is 0 Å². The summed E-state index contributed by atoms with van der Waals surface area (Å²) < 4.78 is 12.9. The van der Waals surface area contributed by atoms with E-state index >= 15 is 0 Å². The minimum Gasteiger partial charge on any atom is -0.326 e. The summed E-state index contributed by atoms with van der Waals surface area (Å²) >= 11 is 0. The fourth-order valence-corrected chi connectivity index (χ4v) is 2.82. The van der Waals surface area contributed by atoms with Crippen molar-refractivity contribution < 1.29 is 9.18 Å². The van der Waals surface area contributed by atoms with Gasteiger partial charge in [-0.2, -0.15) is 0 Å². The molecule has 0 aliphatic heterocycles. The second-order valence-electron chi connectivity index (χ2n) is 5.73. The number of carbonyl (C=O) groups is 1. The number of nitrogens with one attached hydrogen (secondary N) is 1. The molecule has 1 N–H and O–H groups in total. The molecule has 2 aromatic rings. The van der Waals surface area contributed by atoms with E-state index in [1.165, 1.54) is 0 Å². The van der Waals surface area contributed by atoms with Crippen LogP contribution in [0.2, 0.25) is 0 Å². The van der Waals surface area contributed by atoms with Gasteiger partial charge < -0.3 is 5.32 Å². The number of hydrogen-bond donors (Lipinski definition) is 1. The zero-order valence-electron chi connectivity index (χ0n) is 12.5. The van der Waals surface area contributed by atoms with Gasteiger partial charge in [0.05, 0.1) is 12.4 Å². The molecule has 0 radical (unpaired) electrons. The van der Waals surface area contributed by atoms with Gasteiger partial charge in [-0.05, 0) is 37.5 Å². The molecular formula is C17H18FN3O. The number of halogens is 1. The van der Waals surface area contributed by atoms with E-state index in [0.29, 0.717) is 5.82 Å². The highest BCUT2D eigenvalue weighted by Crippen LogP contribution is 2.28. The minimum absolute atomic E-state index is 0.0762. The quantitative estimate of drug-likeness (QED) is 0.939. The minimum atomic E-state index is -0.466. The number of hydrogen-bond acceptors (Lipinski definition) is 3. The summed E-state index contributed by atoms with van der Waals surface area (Å²) in [6.07, 6.45) is 6.47. The predicted octanol–water partition coefficient (Wildman–Crippen LogP) is 3.72. The Morgan fingerprint density at radius 2 is 1.91 bits per heavy atom. The first-order valence-electron chi connectivity index (χ1n) is 7.53. The molecule has 5 heteroatoms. The van der Waals surface area contributed by atoms with Crippen LogP contribution in [0, 0.1) is 18.7 Å². The molecule has 0 unspecified atom stereocenters. The molecule has 1 saturated carbocycles. The summed E-state index contributed by atoms with van der Waals surface area (Å²) in [5, 5.41) is 2.96. The summed E-state index contributed by atoms with van der Waals surface area (Å²) in [5.74, 6) is 0.183. The third-order valence-corrected chi connectivity index (χ3v) is 4.09. The van der Waals surface area contributed by atoms with Crippen molar-refractivity contribution in [1.82, 2.24) is 9.97 Å². The van der Waals surface area contributed by atoms with Crippen LogP contribution in [0.1, 0.15) is 31.2 Å². The molecule has 1 amide bonds. The molecule has 0 saturated heterocycles. The predicted molar refractivity (Wildman–Crippen MR) is 82.8 cm³/mol.